The standard InChI is InChI=1S/C20H22N8O7S4/c1-20(2,3)35-9(29)4-34-26-10(13-24-18(21)39-27-13)14(30)23-11-15(31)28-12(17(32)33)8(5-36-16(11)28)6-37-19-25-22-7-38-19/h7,11,16H,4-6H2,1-3H3,(H,23,30)(H,32,33)(H2,21,24,27)/t11?,16-/m1/s1. The Kier molecular flexibility index (Phi) is 8.72. The summed E-state index contributed by atoms with van der Waals surface area (Å²) < 4.78 is 9.77. The summed E-state index contributed by atoms with van der Waals surface area (Å²) >= 11 is 4.78. The summed E-state index contributed by atoms with van der Waals surface area (Å²) in [6.45, 7) is 4.46. The number of carboxylic acids is 1. The smallest absolute Gasteiger partial charge is 0.352 e. The van der Waals surface area contributed by atoms with E-state index in [9.17, 15) is 24.3 Å². The molecule has 4 N–H and O–H groups in total. The van der Waals surface area contributed by atoms with Crippen molar-refractivity contribution < 1.29 is 33.9 Å². The number of aromatic nitrogens is 4. The third-order valence-corrected chi connectivity index (χ3v) is 8.70. The Morgan fingerprint density at radius 2 is 2.13 bits per heavy atom. The van der Waals surface area contributed by atoms with Gasteiger partial charge in [0.15, 0.2) is 9.47 Å². The van der Waals surface area contributed by atoms with Crippen molar-refractivity contribution in [3.05, 3.63) is 22.6 Å². The third kappa shape index (κ3) is 6.84. The van der Waals surface area contributed by atoms with Gasteiger partial charge in [-0.3, -0.25) is 14.5 Å². The van der Waals surface area contributed by atoms with Crippen molar-refractivity contribution in [1.29, 1.82) is 0 Å². The molecule has 1 unspecified atom stereocenters. The van der Waals surface area contributed by atoms with Crippen molar-refractivity contribution in [1.82, 2.24) is 29.8 Å². The summed E-state index contributed by atoms with van der Waals surface area (Å²) in [4.78, 5) is 60.2. The molecular formula is C20H22N8O7S4. The fourth-order valence-corrected chi connectivity index (χ4v) is 6.82. The minimum atomic E-state index is -1.24. The molecule has 0 saturated carbocycles. The summed E-state index contributed by atoms with van der Waals surface area (Å²) in [5.41, 5.74) is 6.48. The number of nitrogen functional groups attached to an aromatic ring is 1. The normalized spacial score (nSPS) is 19.3. The number of carbonyl (C=O) groups is 4. The van der Waals surface area contributed by atoms with Gasteiger partial charge in [0.2, 0.25) is 18.1 Å². The zero-order chi connectivity index (χ0) is 28.3. The van der Waals surface area contributed by atoms with E-state index in [1.807, 2.05) is 0 Å². The van der Waals surface area contributed by atoms with Gasteiger partial charge in [-0.05, 0) is 26.3 Å². The molecule has 19 heteroatoms. The van der Waals surface area contributed by atoms with Crippen molar-refractivity contribution in [3.8, 4) is 0 Å². The number of thioether (sulfide) groups is 2. The van der Waals surface area contributed by atoms with Gasteiger partial charge in [0.05, 0.1) is 0 Å². The molecule has 0 radical (unpaired) electrons. The van der Waals surface area contributed by atoms with Gasteiger partial charge in [0, 0.05) is 23.0 Å². The number of hydrogen-bond acceptors (Lipinski definition) is 16. The maximum atomic E-state index is 13.1. The first-order valence-electron chi connectivity index (χ1n) is 11.1. The number of fused-ring (bicyclic) bond motifs is 1. The first kappa shape index (κ1) is 28.7. The topological polar surface area (TPSA) is 212 Å². The molecule has 15 nitrogen and oxygen atoms in total. The third-order valence-electron chi connectivity index (χ3n) is 4.87. The van der Waals surface area contributed by atoms with E-state index in [1.54, 1.807) is 26.3 Å². The molecule has 0 aromatic carbocycles. The molecule has 1 saturated heterocycles. The predicted molar refractivity (Wildman–Crippen MR) is 143 cm³/mol. The van der Waals surface area contributed by atoms with Gasteiger partial charge in [0.25, 0.3) is 11.8 Å². The van der Waals surface area contributed by atoms with Crippen LogP contribution >= 0.6 is 46.4 Å². The Morgan fingerprint density at radius 3 is 2.74 bits per heavy atom. The van der Waals surface area contributed by atoms with Crippen molar-refractivity contribution in [2.24, 2.45) is 5.16 Å². The molecule has 4 heterocycles. The summed E-state index contributed by atoms with van der Waals surface area (Å²) in [5, 5.41) is 23.2. The zero-order valence-electron chi connectivity index (χ0n) is 20.6. The number of aliphatic carboxylic acids is 1. The lowest BCUT2D eigenvalue weighted by Gasteiger charge is -2.49. The molecule has 2 aromatic heterocycles. The van der Waals surface area contributed by atoms with Crippen LogP contribution in [0.1, 0.15) is 26.6 Å². The van der Waals surface area contributed by atoms with Gasteiger partial charge in [-0.1, -0.05) is 28.3 Å². The van der Waals surface area contributed by atoms with Crippen LogP contribution in [-0.2, 0) is 28.8 Å². The summed E-state index contributed by atoms with van der Waals surface area (Å²) in [6, 6.07) is -1.04. The number of nitrogens with two attached hydrogens (primary N) is 1. The average molecular weight is 615 g/mol. The van der Waals surface area contributed by atoms with E-state index >= 15 is 0 Å². The minimum Gasteiger partial charge on any atom is -0.477 e. The van der Waals surface area contributed by atoms with Crippen LogP contribution in [0.2, 0.25) is 0 Å². The van der Waals surface area contributed by atoms with Crippen molar-refractivity contribution in [2.75, 3.05) is 23.8 Å². The molecule has 39 heavy (non-hydrogen) atoms. The lowest BCUT2D eigenvalue weighted by Crippen LogP contribution is -2.71. The highest BCUT2D eigenvalue weighted by molar-refractivity contribution is 8.01. The minimum absolute atomic E-state index is 0.0570. The molecule has 208 valence electrons. The number of carboxylic acid groups (broad SMARTS) is 1. The summed E-state index contributed by atoms with van der Waals surface area (Å²) in [5.74, 6) is -2.94. The van der Waals surface area contributed by atoms with Crippen LogP contribution in [0.25, 0.3) is 0 Å². The number of ether oxygens (including phenoxy) is 1. The largest absolute Gasteiger partial charge is 0.477 e. The second-order valence-electron chi connectivity index (χ2n) is 8.87. The SMILES string of the molecule is CC(C)(C)OC(=O)CON=C(C(=O)NC1C(=O)N2C(C(=O)O)=C(CSc3nncs3)CS[C@H]12)c1nsc(N)n1. The van der Waals surface area contributed by atoms with E-state index < -0.39 is 53.1 Å². The number of carbonyl (C=O) groups excluding carboxylic acids is 3. The Morgan fingerprint density at radius 1 is 1.36 bits per heavy atom. The number of nitrogens with zero attached hydrogens (tertiary/aromatic N) is 6. The second-order valence-corrected chi connectivity index (χ2v) is 12.8. The van der Waals surface area contributed by atoms with Gasteiger partial charge in [-0.15, -0.1) is 22.0 Å². The second kappa shape index (κ2) is 11.8. The van der Waals surface area contributed by atoms with E-state index in [-0.39, 0.29) is 16.7 Å². The Hall–Kier alpha value is -3.29. The van der Waals surface area contributed by atoms with E-state index in [1.165, 1.54) is 34.9 Å². The first-order valence-corrected chi connectivity index (χ1v) is 14.7. The molecule has 2 atom stereocenters. The molecule has 4 rings (SSSR count). The lowest BCUT2D eigenvalue weighted by atomic mass is 10.0. The number of nitrogens with one attached hydrogen (secondary N) is 1. The van der Waals surface area contributed by atoms with Gasteiger partial charge in [-0.25, -0.2) is 9.59 Å². The van der Waals surface area contributed by atoms with Gasteiger partial charge >= 0.3 is 11.9 Å². The van der Waals surface area contributed by atoms with E-state index in [4.69, 9.17) is 15.3 Å². The summed E-state index contributed by atoms with van der Waals surface area (Å²) in [7, 11) is 0. The molecule has 2 amide bonds. The first-order chi connectivity index (χ1) is 18.4. The maximum Gasteiger partial charge on any atom is 0.352 e. The van der Waals surface area contributed by atoms with Crippen LogP contribution in [0.3, 0.4) is 0 Å². The molecule has 0 aliphatic carbocycles. The van der Waals surface area contributed by atoms with Crippen LogP contribution in [0.15, 0.2) is 26.3 Å². The average Bonchev–Trinajstić information content (AvgIpc) is 3.53. The maximum absolute atomic E-state index is 13.1. The number of hydrogen-bond donors (Lipinski definition) is 3. The lowest BCUT2D eigenvalue weighted by molar-refractivity contribution is -0.160. The van der Waals surface area contributed by atoms with Crippen molar-refractivity contribution in [2.45, 2.75) is 42.1 Å². The quantitative estimate of drug-likeness (QED) is 0.110. The monoisotopic (exact) mass is 614 g/mol. The number of amides is 2. The van der Waals surface area contributed by atoms with Crippen LogP contribution in [-0.4, -0.2) is 94.2 Å². The van der Waals surface area contributed by atoms with Crippen LogP contribution in [0, 0.1) is 0 Å². The van der Waals surface area contributed by atoms with Crippen LogP contribution in [0.4, 0.5) is 5.13 Å². The zero-order valence-corrected chi connectivity index (χ0v) is 23.9. The highest BCUT2D eigenvalue weighted by Gasteiger charge is 2.54. The van der Waals surface area contributed by atoms with Crippen molar-refractivity contribution in [3.63, 3.8) is 0 Å². The Bertz CT molecular complexity index is 1340. The number of rotatable bonds is 10. The fourth-order valence-electron chi connectivity index (χ4n) is 3.41. The number of oxime groups is 1. The molecule has 0 bridgehead atoms. The number of esters is 1. The van der Waals surface area contributed by atoms with E-state index in [0.717, 1.165) is 16.4 Å². The summed E-state index contributed by atoms with van der Waals surface area (Å²) in [6.07, 6.45) is 0. The molecule has 2 aliphatic heterocycles. The Balaban J connectivity index is 1.46. The molecule has 2 aliphatic rings. The molecular weight excluding hydrogens is 593 g/mol. The molecule has 0 spiro atoms. The molecule has 2 aromatic rings. The van der Waals surface area contributed by atoms with E-state index in [2.05, 4.69) is 30.0 Å². The van der Waals surface area contributed by atoms with Crippen LogP contribution < -0.4 is 11.1 Å². The van der Waals surface area contributed by atoms with Gasteiger partial charge in [-0.2, -0.15) is 9.36 Å². The van der Waals surface area contributed by atoms with Gasteiger partial charge in [0.1, 0.15) is 28.2 Å². The fraction of sp³-hybridized carbons (Fsp3) is 0.450. The van der Waals surface area contributed by atoms with Crippen molar-refractivity contribution >= 4 is 81.0 Å². The highest BCUT2D eigenvalue weighted by atomic mass is 32.2. The predicted octanol–water partition coefficient (Wildman–Crippen LogP) is 0.565. The van der Waals surface area contributed by atoms with Gasteiger partial charge < -0.3 is 25.7 Å². The van der Waals surface area contributed by atoms with Crippen LogP contribution in [0.5, 0.6) is 0 Å². The van der Waals surface area contributed by atoms with E-state index in [0.29, 0.717) is 21.4 Å². The number of β-lactam (4-membered cyclic amide) rings is 1. The Labute approximate surface area is 237 Å². The highest BCUT2D eigenvalue weighted by Crippen LogP contribution is 2.41. The number of anilines is 1. The molecule has 1 fully saturated rings.